The van der Waals surface area contributed by atoms with Crippen LogP contribution in [0.3, 0.4) is 0 Å². The molecule has 25 heavy (non-hydrogen) atoms. The summed E-state index contributed by atoms with van der Waals surface area (Å²) in [4.78, 5) is 31.0. The molecule has 0 saturated heterocycles. The lowest BCUT2D eigenvalue weighted by molar-refractivity contribution is 0.0600. The number of aromatic nitrogens is 1. The predicted molar refractivity (Wildman–Crippen MR) is 94.5 cm³/mol. The quantitative estimate of drug-likeness (QED) is 0.716. The van der Waals surface area contributed by atoms with Crippen molar-refractivity contribution in [3.63, 3.8) is 0 Å². The second-order valence-electron chi connectivity index (χ2n) is 5.88. The Morgan fingerprint density at radius 1 is 1.12 bits per heavy atom. The van der Waals surface area contributed by atoms with E-state index in [1.165, 1.54) is 13.4 Å². The highest BCUT2D eigenvalue weighted by Gasteiger charge is 2.19. The van der Waals surface area contributed by atoms with Crippen molar-refractivity contribution >= 4 is 11.9 Å². The van der Waals surface area contributed by atoms with Crippen LogP contribution in [0.25, 0.3) is 11.5 Å². The summed E-state index contributed by atoms with van der Waals surface area (Å²) < 4.78 is 10.2. The first kappa shape index (κ1) is 18.7. The fraction of sp³-hybridized carbons (Fsp3) is 0.421. The Balaban J connectivity index is 2.48. The Morgan fingerprint density at radius 2 is 1.76 bits per heavy atom. The minimum atomic E-state index is -0.503. The van der Waals surface area contributed by atoms with Gasteiger partial charge in [-0.1, -0.05) is 13.8 Å². The summed E-state index contributed by atoms with van der Waals surface area (Å²) >= 11 is 0. The first-order valence-corrected chi connectivity index (χ1v) is 8.45. The van der Waals surface area contributed by atoms with E-state index in [0.29, 0.717) is 35.7 Å². The van der Waals surface area contributed by atoms with E-state index >= 15 is 0 Å². The Hall–Kier alpha value is -2.63. The molecule has 1 aromatic heterocycles. The minimum absolute atomic E-state index is 0.112. The highest BCUT2D eigenvalue weighted by molar-refractivity contribution is 5.99. The maximum atomic E-state index is 12.9. The molecular formula is C19H24N2O4. The van der Waals surface area contributed by atoms with Crippen LogP contribution < -0.4 is 0 Å². The summed E-state index contributed by atoms with van der Waals surface area (Å²) in [6.45, 7) is 7.21. The second kappa shape index (κ2) is 8.46. The molecule has 1 aromatic carbocycles. The number of benzene rings is 1. The number of methoxy groups -OCH3 is 1. The van der Waals surface area contributed by atoms with Gasteiger partial charge >= 0.3 is 5.97 Å². The minimum Gasteiger partial charge on any atom is -0.465 e. The first-order chi connectivity index (χ1) is 12.0. The molecule has 0 bridgehead atoms. The fourth-order valence-corrected chi connectivity index (χ4v) is 2.63. The molecule has 0 atom stereocenters. The zero-order chi connectivity index (χ0) is 18.4. The van der Waals surface area contributed by atoms with Gasteiger partial charge in [-0.3, -0.25) is 4.79 Å². The van der Waals surface area contributed by atoms with Crippen LogP contribution in [-0.2, 0) is 4.74 Å². The summed E-state index contributed by atoms with van der Waals surface area (Å²) in [6.07, 6.45) is 3.27. The fourth-order valence-electron chi connectivity index (χ4n) is 2.63. The number of carbonyl (C=O) groups is 2. The molecule has 0 fully saturated rings. The maximum Gasteiger partial charge on any atom is 0.337 e. The molecule has 134 valence electrons. The third kappa shape index (κ3) is 4.47. The largest absolute Gasteiger partial charge is 0.465 e. The van der Waals surface area contributed by atoms with Crippen molar-refractivity contribution in [3.8, 4) is 11.5 Å². The number of rotatable bonds is 7. The van der Waals surface area contributed by atoms with E-state index in [4.69, 9.17) is 9.15 Å². The molecule has 0 aliphatic carbocycles. The van der Waals surface area contributed by atoms with E-state index in [2.05, 4.69) is 4.98 Å². The number of hydrogen-bond donors (Lipinski definition) is 0. The van der Waals surface area contributed by atoms with E-state index < -0.39 is 5.97 Å². The van der Waals surface area contributed by atoms with Gasteiger partial charge in [0.25, 0.3) is 5.91 Å². The Kier molecular flexibility index (Phi) is 6.33. The van der Waals surface area contributed by atoms with E-state index in [1.807, 2.05) is 20.8 Å². The molecule has 0 radical (unpaired) electrons. The average molecular weight is 344 g/mol. The number of aryl methyl sites for hydroxylation is 1. The Morgan fingerprint density at radius 3 is 2.28 bits per heavy atom. The van der Waals surface area contributed by atoms with Gasteiger partial charge < -0.3 is 14.1 Å². The van der Waals surface area contributed by atoms with Gasteiger partial charge in [-0.05, 0) is 38.0 Å². The first-order valence-electron chi connectivity index (χ1n) is 8.45. The van der Waals surface area contributed by atoms with E-state index in [9.17, 15) is 9.59 Å². The third-order valence-corrected chi connectivity index (χ3v) is 3.74. The van der Waals surface area contributed by atoms with Gasteiger partial charge in [-0.2, -0.15) is 0 Å². The zero-order valence-electron chi connectivity index (χ0n) is 15.2. The van der Waals surface area contributed by atoms with Crippen molar-refractivity contribution in [2.24, 2.45) is 0 Å². The molecule has 2 aromatic rings. The second-order valence-corrected chi connectivity index (χ2v) is 5.88. The van der Waals surface area contributed by atoms with Crippen molar-refractivity contribution in [3.05, 3.63) is 41.3 Å². The van der Waals surface area contributed by atoms with Gasteiger partial charge in [-0.15, -0.1) is 0 Å². The highest BCUT2D eigenvalue weighted by Crippen LogP contribution is 2.23. The third-order valence-electron chi connectivity index (χ3n) is 3.74. The molecule has 0 aliphatic rings. The number of oxazole rings is 1. The monoisotopic (exact) mass is 344 g/mol. The van der Waals surface area contributed by atoms with E-state index in [1.54, 1.807) is 23.1 Å². The summed E-state index contributed by atoms with van der Waals surface area (Å²) in [5.74, 6) is -0.245. The number of carbonyl (C=O) groups excluding carboxylic acids is 2. The van der Waals surface area contributed by atoms with Crippen molar-refractivity contribution in [2.75, 3.05) is 20.2 Å². The average Bonchev–Trinajstić information content (AvgIpc) is 3.06. The number of esters is 1. The van der Waals surface area contributed by atoms with Crippen LogP contribution in [0.5, 0.6) is 0 Å². The van der Waals surface area contributed by atoms with E-state index in [-0.39, 0.29) is 5.91 Å². The molecule has 0 spiro atoms. The van der Waals surface area contributed by atoms with E-state index in [0.717, 1.165) is 18.5 Å². The van der Waals surface area contributed by atoms with Gasteiger partial charge in [0.1, 0.15) is 6.26 Å². The lowest BCUT2D eigenvalue weighted by Crippen LogP contribution is -2.32. The molecule has 1 amide bonds. The van der Waals surface area contributed by atoms with Crippen LogP contribution in [0.15, 0.2) is 28.9 Å². The number of amides is 1. The Labute approximate surface area is 147 Å². The number of ether oxygens (including phenoxy) is 1. The normalized spacial score (nSPS) is 10.6. The van der Waals surface area contributed by atoms with Crippen molar-refractivity contribution in [1.29, 1.82) is 0 Å². The van der Waals surface area contributed by atoms with Crippen molar-refractivity contribution in [1.82, 2.24) is 9.88 Å². The van der Waals surface area contributed by atoms with Gasteiger partial charge in [0.15, 0.2) is 0 Å². The molecule has 0 aliphatic heterocycles. The maximum absolute atomic E-state index is 12.9. The Bertz CT molecular complexity index is 746. The van der Waals surface area contributed by atoms with Gasteiger partial charge in [0.2, 0.25) is 5.89 Å². The number of hydrogen-bond acceptors (Lipinski definition) is 5. The lowest BCUT2D eigenvalue weighted by atomic mass is 10.0. The molecule has 1 heterocycles. The summed E-state index contributed by atoms with van der Waals surface area (Å²) in [6, 6.07) is 4.89. The SMILES string of the molecule is CCCN(CCC)C(=O)c1cc(C(=O)OC)cc(-c2nc(C)co2)c1. The smallest absolute Gasteiger partial charge is 0.337 e. The summed E-state index contributed by atoms with van der Waals surface area (Å²) in [5, 5.41) is 0. The summed E-state index contributed by atoms with van der Waals surface area (Å²) in [5.41, 5.74) is 2.03. The molecule has 0 N–H and O–H groups in total. The van der Waals surface area contributed by atoms with Gasteiger partial charge in [0.05, 0.1) is 18.4 Å². The summed E-state index contributed by atoms with van der Waals surface area (Å²) in [7, 11) is 1.31. The molecular weight excluding hydrogens is 320 g/mol. The van der Waals surface area contributed by atoms with Crippen LogP contribution in [0.2, 0.25) is 0 Å². The molecule has 6 heteroatoms. The number of nitrogens with zero attached hydrogens (tertiary/aromatic N) is 2. The zero-order valence-corrected chi connectivity index (χ0v) is 15.2. The van der Waals surface area contributed by atoms with Crippen molar-refractivity contribution in [2.45, 2.75) is 33.6 Å². The van der Waals surface area contributed by atoms with Gasteiger partial charge in [0, 0.05) is 24.2 Å². The van der Waals surface area contributed by atoms with Crippen LogP contribution in [0, 0.1) is 6.92 Å². The van der Waals surface area contributed by atoms with Crippen LogP contribution in [-0.4, -0.2) is 42.0 Å². The van der Waals surface area contributed by atoms with Gasteiger partial charge in [-0.25, -0.2) is 9.78 Å². The topological polar surface area (TPSA) is 72.6 Å². The highest BCUT2D eigenvalue weighted by atomic mass is 16.5. The molecule has 0 unspecified atom stereocenters. The van der Waals surface area contributed by atoms with Crippen LogP contribution in [0.4, 0.5) is 0 Å². The predicted octanol–water partition coefficient (Wildman–Crippen LogP) is 3.70. The van der Waals surface area contributed by atoms with Crippen LogP contribution in [0.1, 0.15) is 53.1 Å². The standard InChI is InChI=1S/C19H24N2O4/c1-5-7-21(8-6-2)18(22)15-9-14(17-20-13(3)12-25-17)10-16(11-15)19(23)24-4/h9-12H,5-8H2,1-4H3. The molecule has 0 saturated carbocycles. The molecule has 6 nitrogen and oxygen atoms in total. The van der Waals surface area contributed by atoms with Crippen molar-refractivity contribution < 1.29 is 18.7 Å². The lowest BCUT2D eigenvalue weighted by Gasteiger charge is -2.22. The molecule has 2 rings (SSSR count). The van der Waals surface area contributed by atoms with Crippen LogP contribution >= 0.6 is 0 Å².